The second-order valence-electron chi connectivity index (χ2n) is 5.57. The molecule has 2 unspecified atom stereocenters. The van der Waals surface area contributed by atoms with Crippen LogP contribution < -0.4 is 15.4 Å². The number of halogens is 2. The Hall–Kier alpha value is -1.01. The molecule has 0 radical (unpaired) electrons. The summed E-state index contributed by atoms with van der Waals surface area (Å²) >= 11 is 6.06. The molecule has 0 spiro atoms. The van der Waals surface area contributed by atoms with Gasteiger partial charge in [-0.25, -0.2) is 0 Å². The van der Waals surface area contributed by atoms with Gasteiger partial charge in [0.05, 0.1) is 18.3 Å². The van der Waals surface area contributed by atoms with Gasteiger partial charge in [0.15, 0.2) is 0 Å². The summed E-state index contributed by atoms with van der Waals surface area (Å²) in [5, 5.41) is 16.5. The molecule has 1 aromatic carbocycles. The van der Waals surface area contributed by atoms with Gasteiger partial charge in [-0.3, -0.25) is 4.79 Å². The van der Waals surface area contributed by atoms with Gasteiger partial charge in [0, 0.05) is 30.5 Å². The van der Waals surface area contributed by atoms with E-state index in [4.69, 9.17) is 16.3 Å². The van der Waals surface area contributed by atoms with Crippen molar-refractivity contribution in [3.63, 3.8) is 0 Å². The molecule has 3 N–H and O–H groups in total. The topological polar surface area (TPSA) is 70.6 Å². The van der Waals surface area contributed by atoms with Gasteiger partial charge >= 0.3 is 0 Å². The molecule has 2 aliphatic rings. The van der Waals surface area contributed by atoms with E-state index in [1.54, 1.807) is 6.07 Å². The van der Waals surface area contributed by atoms with Crippen molar-refractivity contribution < 1.29 is 14.6 Å². The SMILES string of the molecule is Cl.O=C(NCC1CCNCC1O)c1cc(Cl)cc2c1OCC2. The lowest BCUT2D eigenvalue weighted by atomic mass is 9.95. The van der Waals surface area contributed by atoms with E-state index >= 15 is 0 Å². The Morgan fingerprint density at radius 2 is 2.32 bits per heavy atom. The van der Waals surface area contributed by atoms with E-state index in [0.29, 0.717) is 36.0 Å². The average Bonchev–Trinajstić information content (AvgIpc) is 2.93. The van der Waals surface area contributed by atoms with Crippen LogP contribution >= 0.6 is 24.0 Å². The van der Waals surface area contributed by atoms with Gasteiger partial charge in [-0.15, -0.1) is 12.4 Å². The highest BCUT2D eigenvalue weighted by Crippen LogP contribution is 2.32. The summed E-state index contributed by atoms with van der Waals surface area (Å²) in [6.07, 6.45) is 1.22. The van der Waals surface area contributed by atoms with Crippen LogP contribution in [0.1, 0.15) is 22.3 Å². The van der Waals surface area contributed by atoms with Crippen molar-refractivity contribution in [1.82, 2.24) is 10.6 Å². The molecule has 0 aliphatic carbocycles. The van der Waals surface area contributed by atoms with Crippen molar-refractivity contribution in [2.75, 3.05) is 26.2 Å². The first kappa shape index (κ1) is 17.3. The minimum atomic E-state index is -0.416. The Labute approximate surface area is 140 Å². The lowest BCUT2D eigenvalue weighted by Gasteiger charge is -2.28. The fourth-order valence-corrected chi connectivity index (χ4v) is 3.13. The van der Waals surface area contributed by atoms with Crippen molar-refractivity contribution in [2.45, 2.75) is 18.9 Å². The third-order valence-corrected chi connectivity index (χ3v) is 4.33. The molecule has 1 aromatic rings. The molecular weight excluding hydrogens is 327 g/mol. The Morgan fingerprint density at radius 3 is 3.09 bits per heavy atom. The third-order valence-electron chi connectivity index (χ3n) is 4.11. The van der Waals surface area contributed by atoms with Crippen molar-refractivity contribution in [3.8, 4) is 5.75 Å². The molecule has 0 saturated carbocycles. The number of carbonyl (C=O) groups excluding carboxylic acids is 1. The predicted molar refractivity (Wildman–Crippen MR) is 87.2 cm³/mol. The first-order valence-electron chi connectivity index (χ1n) is 7.27. The molecule has 7 heteroatoms. The number of rotatable bonds is 3. The minimum absolute atomic E-state index is 0. The number of ether oxygens (including phenoxy) is 1. The summed E-state index contributed by atoms with van der Waals surface area (Å²) in [4.78, 5) is 12.4. The largest absolute Gasteiger partial charge is 0.492 e. The van der Waals surface area contributed by atoms with Crippen LogP contribution in [0.3, 0.4) is 0 Å². The summed E-state index contributed by atoms with van der Waals surface area (Å²) in [6, 6.07) is 3.48. The smallest absolute Gasteiger partial charge is 0.255 e. The molecule has 1 saturated heterocycles. The van der Waals surface area contributed by atoms with Crippen LogP contribution in [-0.2, 0) is 6.42 Å². The van der Waals surface area contributed by atoms with E-state index in [-0.39, 0.29) is 24.2 Å². The van der Waals surface area contributed by atoms with Crippen LogP contribution in [0.4, 0.5) is 0 Å². The van der Waals surface area contributed by atoms with Crippen molar-refractivity contribution in [1.29, 1.82) is 0 Å². The van der Waals surface area contributed by atoms with E-state index in [0.717, 1.165) is 24.9 Å². The van der Waals surface area contributed by atoms with Gasteiger partial charge in [0.25, 0.3) is 5.91 Å². The predicted octanol–water partition coefficient (Wildman–Crippen LogP) is 1.40. The number of β-amino-alcohol motifs (C(OH)–C–C–N with tert-alkyl or cyclic N) is 1. The molecule has 3 rings (SSSR count). The molecule has 122 valence electrons. The number of carbonyl (C=O) groups is 1. The number of hydrogen-bond acceptors (Lipinski definition) is 4. The second kappa shape index (κ2) is 7.51. The summed E-state index contributed by atoms with van der Waals surface area (Å²) < 4.78 is 5.54. The quantitative estimate of drug-likeness (QED) is 0.773. The molecule has 2 aliphatic heterocycles. The van der Waals surface area contributed by atoms with E-state index in [2.05, 4.69) is 10.6 Å². The maximum atomic E-state index is 12.4. The average molecular weight is 347 g/mol. The molecule has 22 heavy (non-hydrogen) atoms. The molecule has 1 amide bonds. The zero-order valence-corrected chi connectivity index (χ0v) is 13.7. The van der Waals surface area contributed by atoms with Gasteiger partial charge in [-0.05, 0) is 30.7 Å². The van der Waals surface area contributed by atoms with Crippen LogP contribution in [0.2, 0.25) is 5.02 Å². The van der Waals surface area contributed by atoms with Crippen LogP contribution in [0, 0.1) is 5.92 Å². The third kappa shape index (κ3) is 3.66. The van der Waals surface area contributed by atoms with Gasteiger partial charge in [-0.1, -0.05) is 11.6 Å². The number of nitrogens with one attached hydrogen (secondary N) is 2. The Balaban J connectivity index is 0.00000176. The fraction of sp³-hybridized carbons (Fsp3) is 0.533. The summed E-state index contributed by atoms with van der Waals surface area (Å²) in [5.41, 5.74) is 1.47. The van der Waals surface area contributed by atoms with E-state index in [9.17, 15) is 9.90 Å². The molecule has 2 atom stereocenters. The highest BCUT2D eigenvalue weighted by atomic mass is 35.5. The van der Waals surface area contributed by atoms with Crippen LogP contribution in [0.15, 0.2) is 12.1 Å². The number of piperidine rings is 1. The standard InChI is InChI=1S/C15H19ClN2O3.ClH/c16-11-5-9-2-4-21-14(9)12(6-11)15(20)18-7-10-1-3-17-8-13(10)19;/h5-6,10,13,17,19H,1-4,7-8H2,(H,18,20);1H. The number of amides is 1. The maximum absolute atomic E-state index is 12.4. The Bertz CT molecular complexity index is 554. The highest BCUT2D eigenvalue weighted by Gasteiger charge is 2.25. The normalized spacial score (nSPS) is 23.2. The monoisotopic (exact) mass is 346 g/mol. The van der Waals surface area contributed by atoms with Crippen LogP contribution in [-0.4, -0.2) is 43.4 Å². The van der Waals surface area contributed by atoms with Gasteiger partial charge < -0.3 is 20.5 Å². The molecule has 2 heterocycles. The summed E-state index contributed by atoms with van der Waals surface area (Å²) in [6.45, 7) is 2.50. The highest BCUT2D eigenvalue weighted by molar-refractivity contribution is 6.31. The molecule has 0 aromatic heterocycles. The number of aliphatic hydroxyl groups is 1. The number of hydrogen-bond donors (Lipinski definition) is 3. The van der Waals surface area contributed by atoms with E-state index in [1.807, 2.05) is 6.07 Å². The zero-order valence-electron chi connectivity index (χ0n) is 12.1. The molecule has 5 nitrogen and oxygen atoms in total. The second-order valence-corrected chi connectivity index (χ2v) is 6.01. The van der Waals surface area contributed by atoms with E-state index in [1.165, 1.54) is 0 Å². The first-order chi connectivity index (χ1) is 10.1. The lowest BCUT2D eigenvalue weighted by Crippen LogP contribution is -2.45. The van der Waals surface area contributed by atoms with Gasteiger partial charge in [-0.2, -0.15) is 0 Å². The molecule has 1 fully saturated rings. The number of fused-ring (bicyclic) bond motifs is 1. The lowest BCUT2D eigenvalue weighted by molar-refractivity contribution is 0.0752. The fourth-order valence-electron chi connectivity index (χ4n) is 2.89. The van der Waals surface area contributed by atoms with Gasteiger partial charge in [0.1, 0.15) is 5.75 Å². The van der Waals surface area contributed by atoms with Crippen molar-refractivity contribution in [2.24, 2.45) is 5.92 Å². The molecular formula is C15H20Cl2N2O3. The summed E-state index contributed by atoms with van der Waals surface area (Å²) in [5.74, 6) is 0.535. The van der Waals surface area contributed by atoms with E-state index < -0.39 is 6.10 Å². The summed E-state index contributed by atoms with van der Waals surface area (Å²) in [7, 11) is 0. The zero-order chi connectivity index (χ0) is 14.8. The van der Waals surface area contributed by atoms with Crippen LogP contribution in [0.25, 0.3) is 0 Å². The maximum Gasteiger partial charge on any atom is 0.255 e. The van der Waals surface area contributed by atoms with Crippen LogP contribution in [0.5, 0.6) is 5.75 Å². The van der Waals surface area contributed by atoms with Gasteiger partial charge in [0.2, 0.25) is 0 Å². The minimum Gasteiger partial charge on any atom is -0.492 e. The first-order valence-corrected chi connectivity index (χ1v) is 7.65. The Kier molecular flexibility index (Phi) is 5.92. The van der Waals surface area contributed by atoms with Crippen molar-refractivity contribution in [3.05, 3.63) is 28.3 Å². The molecule has 0 bridgehead atoms. The number of aliphatic hydroxyl groups excluding tert-OH is 1. The van der Waals surface area contributed by atoms with Crippen molar-refractivity contribution >= 4 is 29.9 Å². The Morgan fingerprint density at radius 1 is 1.50 bits per heavy atom. The number of benzene rings is 1.